The van der Waals surface area contributed by atoms with E-state index in [2.05, 4.69) is 76.2 Å². The Hall–Kier alpha value is -3.90. The number of hydrogen-bond donors (Lipinski definition) is 0. The molecule has 0 saturated heterocycles. The van der Waals surface area contributed by atoms with Crippen LogP contribution in [-0.2, 0) is 11.3 Å². The fourth-order valence-corrected chi connectivity index (χ4v) is 4.89. The van der Waals surface area contributed by atoms with Gasteiger partial charge in [-0.15, -0.1) is 0 Å². The van der Waals surface area contributed by atoms with E-state index in [1.807, 2.05) is 42.2 Å². The van der Waals surface area contributed by atoms with Crippen molar-refractivity contribution in [3.8, 4) is 22.6 Å². The van der Waals surface area contributed by atoms with Gasteiger partial charge in [-0.3, -0.25) is 9.69 Å². The van der Waals surface area contributed by atoms with Crippen LogP contribution in [0.5, 0.6) is 11.5 Å². The quantitative estimate of drug-likeness (QED) is 0.180. The first kappa shape index (κ1) is 30.1. The average molecular weight is 554 g/mol. The average Bonchev–Trinajstić information content (AvgIpc) is 2.93. The van der Waals surface area contributed by atoms with Gasteiger partial charge in [-0.05, 0) is 96.9 Å². The second kappa shape index (κ2) is 13.2. The highest BCUT2D eigenvalue weighted by molar-refractivity contribution is 6.02. The zero-order valence-electron chi connectivity index (χ0n) is 25.5. The first-order valence-corrected chi connectivity index (χ1v) is 14.2. The first-order valence-electron chi connectivity index (χ1n) is 14.2. The van der Waals surface area contributed by atoms with Crippen molar-refractivity contribution in [2.75, 3.05) is 39.3 Å². The summed E-state index contributed by atoms with van der Waals surface area (Å²) in [7, 11) is 5.81. The highest BCUT2D eigenvalue weighted by Gasteiger charge is 2.25. The Morgan fingerprint density at radius 2 is 1.66 bits per heavy atom. The number of anilines is 1. The lowest BCUT2D eigenvalue weighted by Crippen LogP contribution is -2.34. The third-order valence-electron chi connectivity index (χ3n) is 6.99. The van der Waals surface area contributed by atoms with Crippen LogP contribution in [0.25, 0.3) is 21.9 Å². The van der Waals surface area contributed by atoms with Crippen molar-refractivity contribution >= 4 is 22.5 Å². The number of benzene rings is 3. The summed E-state index contributed by atoms with van der Waals surface area (Å²) >= 11 is 0. The monoisotopic (exact) mass is 553 g/mol. The lowest BCUT2D eigenvalue weighted by Gasteiger charge is -2.27. The Bertz CT molecular complexity index is 1470. The Morgan fingerprint density at radius 3 is 2.32 bits per heavy atom. The van der Waals surface area contributed by atoms with Crippen LogP contribution >= 0.6 is 0 Å². The Morgan fingerprint density at radius 1 is 0.927 bits per heavy atom. The van der Waals surface area contributed by atoms with E-state index < -0.39 is 0 Å². The van der Waals surface area contributed by atoms with Crippen molar-refractivity contribution in [1.29, 1.82) is 0 Å². The summed E-state index contributed by atoms with van der Waals surface area (Å²) < 4.78 is 11.4. The van der Waals surface area contributed by atoms with Crippen molar-refractivity contribution in [2.45, 2.75) is 47.1 Å². The second-order valence-corrected chi connectivity index (χ2v) is 12.1. The van der Waals surface area contributed by atoms with Crippen LogP contribution in [0.3, 0.4) is 0 Å². The number of methoxy groups -OCH3 is 1. The molecule has 216 valence electrons. The Labute approximate surface area is 244 Å². The van der Waals surface area contributed by atoms with Crippen LogP contribution in [0.1, 0.15) is 44.7 Å². The maximum atomic E-state index is 13.7. The molecule has 0 N–H and O–H groups in total. The topological polar surface area (TPSA) is 54.9 Å². The largest absolute Gasteiger partial charge is 0.496 e. The van der Waals surface area contributed by atoms with Crippen LogP contribution < -0.4 is 14.4 Å². The predicted octanol–water partition coefficient (Wildman–Crippen LogP) is 7.52. The fourth-order valence-electron chi connectivity index (χ4n) is 4.89. The number of fused-ring (bicyclic) bond motifs is 1. The molecule has 3 aromatic carbocycles. The van der Waals surface area contributed by atoms with Crippen LogP contribution in [-0.4, -0.2) is 50.1 Å². The van der Waals surface area contributed by atoms with Gasteiger partial charge in [0.05, 0.1) is 20.3 Å². The van der Waals surface area contributed by atoms with E-state index in [-0.39, 0.29) is 11.3 Å². The SMILES string of the molecule is COc1ccc(-c2ccc(CN(C(=O)CC(C)(C)C)c3nccc4cc(OCCCN(C)C)ccc34)cc2)cc1C. The molecule has 0 aliphatic carbocycles. The highest BCUT2D eigenvalue weighted by atomic mass is 16.5. The highest BCUT2D eigenvalue weighted by Crippen LogP contribution is 2.32. The molecule has 1 heterocycles. The predicted molar refractivity (Wildman–Crippen MR) is 169 cm³/mol. The Kier molecular flexibility index (Phi) is 9.66. The van der Waals surface area contributed by atoms with Crippen LogP contribution in [0.15, 0.2) is 72.9 Å². The molecule has 0 unspecified atom stereocenters. The van der Waals surface area contributed by atoms with Crippen molar-refractivity contribution in [1.82, 2.24) is 9.88 Å². The summed E-state index contributed by atoms with van der Waals surface area (Å²) in [4.78, 5) is 22.4. The molecule has 1 aromatic heterocycles. The lowest BCUT2D eigenvalue weighted by molar-refractivity contribution is -0.120. The number of hydrogen-bond acceptors (Lipinski definition) is 5. The zero-order valence-corrected chi connectivity index (χ0v) is 25.5. The minimum Gasteiger partial charge on any atom is -0.496 e. The molecule has 0 fully saturated rings. The van der Waals surface area contributed by atoms with E-state index in [9.17, 15) is 4.79 Å². The number of aromatic nitrogens is 1. The van der Waals surface area contributed by atoms with E-state index in [1.165, 1.54) is 0 Å². The molecular formula is C35H43N3O3. The van der Waals surface area contributed by atoms with Crippen LogP contribution in [0.2, 0.25) is 0 Å². The molecule has 6 nitrogen and oxygen atoms in total. The van der Waals surface area contributed by atoms with E-state index in [1.54, 1.807) is 13.3 Å². The summed E-state index contributed by atoms with van der Waals surface area (Å²) in [5, 5.41) is 1.93. The second-order valence-electron chi connectivity index (χ2n) is 12.1. The molecule has 0 saturated carbocycles. The van der Waals surface area contributed by atoms with E-state index in [0.29, 0.717) is 25.4 Å². The van der Waals surface area contributed by atoms with Crippen molar-refractivity contribution in [2.24, 2.45) is 5.41 Å². The van der Waals surface area contributed by atoms with Gasteiger partial charge in [-0.2, -0.15) is 0 Å². The number of carbonyl (C=O) groups excluding carboxylic acids is 1. The van der Waals surface area contributed by atoms with Gasteiger partial charge in [0.2, 0.25) is 5.91 Å². The summed E-state index contributed by atoms with van der Waals surface area (Å²) in [6.07, 6.45) is 3.15. The molecule has 0 spiro atoms. The maximum Gasteiger partial charge on any atom is 0.229 e. The molecule has 6 heteroatoms. The minimum absolute atomic E-state index is 0.0522. The number of nitrogens with zero attached hydrogens (tertiary/aromatic N) is 3. The van der Waals surface area contributed by atoms with Crippen LogP contribution in [0.4, 0.5) is 5.82 Å². The van der Waals surface area contributed by atoms with Crippen molar-refractivity contribution in [3.63, 3.8) is 0 Å². The first-order chi connectivity index (χ1) is 19.5. The van der Waals surface area contributed by atoms with Gasteiger partial charge in [-0.1, -0.05) is 51.1 Å². The van der Waals surface area contributed by atoms with Gasteiger partial charge < -0.3 is 14.4 Å². The van der Waals surface area contributed by atoms with Gasteiger partial charge in [0.25, 0.3) is 0 Å². The number of ether oxygens (including phenoxy) is 2. The lowest BCUT2D eigenvalue weighted by atomic mass is 9.91. The number of amides is 1. The van der Waals surface area contributed by atoms with Crippen molar-refractivity contribution in [3.05, 3.63) is 84.1 Å². The molecule has 0 aliphatic rings. The molecule has 0 bridgehead atoms. The molecule has 4 aromatic rings. The third kappa shape index (κ3) is 8.08. The third-order valence-corrected chi connectivity index (χ3v) is 6.99. The van der Waals surface area contributed by atoms with Gasteiger partial charge in [0.15, 0.2) is 0 Å². The maximum absolute atomic E-state index is 13.7. The van der Waals surface area contributed by atoms with Crippen LogP contribution in [0, 0.1) is 12.3 Å². The number of pyridine rings is 1. The zero-order chi connectivity index (χ0) is 29.6. The summed E-state index contributed by atoms with van der Waals surface area (Å²) in [6, 6.07) is 22.6. The summed E-state index contributed by atoms with van der Waals surface area (Å²) in [6.45, 7) is 10.4. The summed E-state index contributed by atoms with van der Waals surface area (Å²) in [5.41, 5.74) is 4.24. The van der Waals surface area contributed by atoms with Gasteiger partial charge in [0, 0.05) is 24.5 Å². The molecular weight excluding hydrogens is 510 g/mol. The normalized spacial score (nSPS) is 11.6. The molecule has 41 heavy (non-hydrogen) atoms. The van der Waals surface area contributed by atoms with Gasteiger partial charge in [-0.25, -0.2) is 4.98 Å². The number of rotatable bonds is 11. The number of aryl methyl sites for hydroxylation is 1. The Balaban J connectivity index is 1.61. The van der Waals surface area contributed by atoms with Gasteiger partial charge in [0.1, 0.15) is 17.3 Å². The smallest absolute Gasteiger partial charge is 0.229 e. The molecule has 0 radical (unpaired) electrons. The van der Waals surface area contributed by atoms with E-state index >= 15 is 0 Å². The fraction of sp³-hybridized carbons (Fsp3) is 0.371. The van der Waals surface area contributed by atoms with Crippen molar-refractivity contribution < 1.29 is 14.3 Å². The van der Waals surface area contributed by atoms with Gasteiger partial charge >= 0.3 is 0 Å². The van der Waals surface area contributed by atoms with E-state index in [4.69, 9.17) is 14.5 Å². The molecule has 0 aliphatic heterocycles. The molecule has 4 rings (SSSR count). The molecule has 1 amide bonds. The standard InChI is InChI=1S/C35H43N3O3/c1-25-21-28(13-16-32(25)40-7)27-11-9-26(10-12-27)24-38(33(39)23-35(2,3)4)34-31-15-14-30(22-29(31)17-18-36-34)41-20-8-19-37(5)6/h9-18,21-22H,8,19-20,23-24H2,1-7H3. The molecule has 0 atom stereocenters. The summed E-state index contributed by atoms with van der Waals surface area (Å²) in [5.74, 6) is 2.43. The minimum atomic E-state index is -0.149. The van der Waals surface area contributed by atoms with E-state index in [0.717, 1.165) is 57.5 Å². The number of carbonyl (C=O) groups is 1.